The van der Waals surface area contributed by atoms with E-state index in [1.165, 1.54) is 35.2 Å². The molecule has 9 nitrogen and oxygen atoms in total. The number of benzene rings is 4. The molecule has 0 spiro atoms. The van der Waals surface area contributed by atoms with Crippen LogP contribution in [0.1, 0.15) is 31.9 Å². The number of sulfonamides is 1. The summed E-state index contributed by atoms with van der Waals surface area (Å²) in [5.41, 5.74) is 1.06. The maximum atomic E-state index is 14.5. The van der Waals surface area contributed by atoms with Gasteiger partial charge in [0.1, 0.15) is 31.6 Å². The van der Waals surface area contributed by atoms with Crippen molar-refractivity contribution in [3.63, 3.8) is 0 Å². The molecule has 4 aromatic rings. The minimum Gasteiger partial charge on any atom is -0.486 e. The van der Waals surface area contributed by atoms with Crippen LogP contribution in [0.3, 0.4) is 0 Å². The number of hydrogen-bond acceptors (Lipinski definition) is 6. The summed E-state index contributed by atoms with van der Waals surface area (Å²) in [5, 5.41) is 3.00. The van der Waals surface area contributed by atoms with Crippen molar-refractivity contribution in [2.24, 2.45) is 0 Å². The Balaban J connectivity index is 1.57. The maximum absolute atomic E-state index is 14.5. The topological polar surface area (TPSA) is 105 Å². The number of nitrogens with one attached hydrogen (secondary N) is 1. The summed E-state index contributed by atoms with van der Waals surface area (Å²) in [4.78, 5) is 29.8. The molecule has 246 valence electrons. The van der Waals surface area contributed by atoms with Crippen LogP contribution in [-0.2, 0) is 32.6 Å². The van der Waals surface area contributed by atoms with Crippen molar-refractivity contribution in [1.29, 1.82) is 0 Å². The van der Waals surface area contributed by atoms with Crippen LogP contribution in [0.15, 0.2) is 108 Å². The van der Waals surface area contributed by atoms with Gasteiger partial charge in [0.2, 0.25) is 11.8 Å². The smallest absolute Gasteiger partial charge is 0.264 e. The van der Waals surface area contributed by atoms with E-state index in [0.717, 1.165) is 27.6 Å². The van der Waals surface area contributed by atoms with Crippen LogP contribution in [0.25, 0.3) is 0 Å². The summed E-state index contributed by atoms with van der Waals surface area (Å²) in [6.07, 6.45) is 0.187. The number of halogens is 1. The third kappa shape index (κ3) is 8.48. The lowest BCUT2D eigenvalue weighted by Gasteiger charge is -2.35. The van der Waals surface area contributed by atoms with Crippen LogP contribution >= 0.6 is 0 Å². The molecule has 0 radical (unpaired) electrons. The van der Waals surface area contributed by atoms with Crippen LogP contribution in [-0.4, -0.2) is 56.5 Å². The Kier molecular flexibility index (Phi) is 10.1. The number of ether oxygens (including phenoxy) is 2. The molecule has 1 aliphatic heterocycles. The van der Waals surface area contributed by atoms with Gasteiger partial charge < -0.3 is 19.7 Å². The number of nitrogens with zero attached hydrogens (tertiary/aromatic N) is 2. The third-order valence-corrected chi connectivity index (χ3v) is 9.23. The van der Waals surface area contributed by atoms with E-state index in [2.05, 4.69) is 5.32 Å². The van der Waals surface area contributed by atoms with Gasteiger partial charge in [0.15, 0.2) is 11.5 Å². The molecule has 11 heteroatoms. The van der Waals surface area contributed by atoms with Crippen molar-refractivity contribution in [2.45, 2.75) is 50.2 Å². The molecule has 1 aliphatic rings. The number of hydrogen-bond donors (Lipinski definition) is 1. The Morgan fingerprint density at radius 1 is 0.830 bits per heavy atom. The summed E-state index contributed by atoms with van der Waals surface area (Å²) >= 11 is 0. The SMILES string of the molecule is CC(C)(C)NC(=O)[C@H](Cc1ccccc1)N(Cc1ccccc1)C(=O)CN(c1ccc(F)cc1)S(=O)(=O)c1ccc2c(c1)OCCO2. The molecule has 1 atom stereocenters. The molecule has 47 heavy (non-hydrogen) atoms. The standard InChI is InChI=1S/C36H38FN3O6S/c1-36(2,3)38-35(42)31(22-26-10-6-4-7-11-26)39(24-27-12-8-5-9-13-27)34(41)25-40(29-16-14-28(37)15-17-29)47(43,44)30-18-19-32-33(23-30)46-21-20-45-32/h4-19,23,31H,20-22,24-25H2,1-3H3,(H,38,42)/t31-/m0/s1. The summed E-state index contributed by atoms with van der Waals surface area (Å²) < 4.78 is 54.7. The second-order valence-electron chi connectivity index (χ2n) is 12.2. The van der Waals surface area contributed by atoms with Gasteiger partial charge >= 0.3 is 0 Å². The van der Waals surface area contributed by atoms with E-state index < -0.39 is 39.9 Å². The molecule has 4 aromatic carbocycles. The van der Waals surface area contributed by atoms with E-state index in [1.54, 1.807) is 0 Å². The lowest BCUT2D eigenvalue weighted by atomic mass is 10.0. The van der Waals surface area contributed by atoms with Crippen molar-refractivity contribution in [3.8, 4) is 11.5 Å². The third-order valence-electron chi connectivity index (χ3n) is 7.46. The predicted molar refractivity (Wildman–Crippen MR) is 177 cm³/mol. The van der Waals surface area contributed by atoms with Gasteiger partial charge in [-0.1, -0.05) is 60.7 Å². The largest absolute Gasteiger partial charge is 0.486 e. The van der Waals surface area contributed by atoms with E-state index in [9.17, 15) is 22.4 Å². The van der Waals surface area contributed by atoms with Crippen LogP contribution in [0.5, 0.6) is 11.5 Å². The van der Waals surface area contributed by atoms with E-state index in [0.29, 0.717) is 12.4 Å². The van der Waals surface area contributed by atoms with Crippen LogP contribution in [0.4, 0.5) is 10.1 Å². The normalized spacial score (nSPS) is 13.4. The van der Waals surface area contributed by atoms with E-state index >= 15 is 0 Å². The summed E-state index contributed by atoms with van der Waals surface area (Å²) in [7, 11) is -4.41. The highest BCUT2D eigenvalue weighted by atomic mass is 32.2. The molecule has 5 rings (SSSR count). The van der Waals surface area contributed by atoms with Gasteiger partial charge in [-0.25, -0.2) is 12.8 Å². The van der Waals surface area contributed by atoms with Gasteiger partial charge in [-0.05, 0) is 68.3 Å². The summed E-state index contributed by atoms with van der Waals surface area (Å²) in [6.45, 7) is 5.52. The molecule has 1 heterocycles. The average molecular weight is 660 g/mol. The first kappa shape index (κ1) is 33.5. The first-order valence-electron chi connectivity index (χ1n) is 15.3. The van der Waals surface area contributed by atoms with Gasteiger partial charge in [0.05, 0.1) is 10.6 Å². The number of fused-ring (bicyclic) bond motifs is 1. The number of rotatable bonds is 11. The zero-order chi connectivity index (χ0) is 33.6. The van der Waals surface area contributed by atoms with Gasteiger partial charge in [0.25, 0.3) is 10.0 Å². The molecule has 0 fully saturated rings. The zero-order valence-electron chi connectivity index (χ0n) is 26.6. The number of amides is 2. The molecule has 1 N–H and O–H groups in total. The quantitative estimate of drug-likeness (QED) is 0.233. The minimum absolute atomic E-state index is 0.0378. The maximum Gasteiger partial charge on any atom is 0.264 e. The molecule has 0 saturated heterocycles. The van der Waals surface area contributed by atoms with E-state index in [1.807, 2.05) is 81.4 Å². The number of carbonyl (C=O) groups excluding carboxylic acids is 2. The molecule has 0 unspecified atom stereocenters. The van der Waals surface area contributed by atoms with Crippen LogP contribution in [0, 0.1) is 5.82 Å². The van der Waals surface area contributed by atoms with Crippen molar-refractivity contribution < 1.29 is 31.9 Å². The van der Waals surface area contributed by atoms with Gasteiger partial charge in [0, 0.05) is 24.6 Å². The van der Waals surface area contributed by atoms with Crippen molar-refractivity contribution in [3.05, 3.63) is 120 Å². The fourth-order valence-corrected chi connectivity index (χ4v) is 6.66. The second kappa shape index (κ2) is 14.3. The number of carbonyl (C=O) groups is 2. The Bertz CT molecular complexity index is 1800. The fraction of sp³-hybridized carbons (Fsp3) is 0.278. The fourth-order valence-electron chi connectivity index (χ4n) is 5.23. The zero-order valence-corrected chi connectivity index (χ0v) is 27.4. The molecule has 2 amide bonds. The molecular formula is C36H38FN3O6S. The molecule has 0 saturated carbocycles. The van der Waals surface area contributed by atoms with E-state index in [4.69, 9.17) is 9.47 Å². The van der Waals surface area contributed by atoms with Crippen LogP contribution in [0.2, 0.25) is 0 Å². The first-order chi connectivity index (χ1) is 22.4. The lowest BCUT2D eigenvalue weighted by Crippen LogP contribution is -2.56. The highest BCUT2D eigenvalue weighted by Crippen LogP contribution is 2.34. The first-order valence-corrected chi connectivity index (χ1v) is 16.7. The lowest BCUT2D eigenvalue weighted by molar-refractivity contribution is -0.140. The van der Waals surface area contributed by atoms with Gasteiger partial charge in [-0.3, -0.25) is 13.9 Å². The molecule has 0 bridgehead atoms. The summed E-state index contributed by atoms with van der Waals surface area (Å²) in [6, 6.07) is 26.6. The molecule has 0 aliphatic carbocycles. The predicted octanol–water partition coefficient (Wildman–Crippen LogP) is 5.35. The van der Waals surface area contributed by atoms with E-state index in [-0.39, 0.29) is 41.8 Å². The average Bonchev–Trinajstić information content (AvgIpc) is 3.05. The van der Waals surface area contributed by atoms with Crippen molar-refractivity contribution in [1.82, 2.24) is 10.2 Å². The minimum atomic E-state index is -4.41. The Morgan fingerprint density at radius 3 is 2.04 bits per heavy atom. The monoisotopic (exact) mass is 659 g/mol. The van der Waals surface area contributed by atoms with Gasteiger partial charge in [-0.2, -0.15) is 0 Å². The Labute approximate surface area is 275 Å². The van der Waals surface area contributed by atoms with Crippen molar-refractivity contribution >= 4 is 27.5 Å². The summed E-state index contributed by atoms with van der Waals surface area (Å²) in [5.74, 6) is -0.903. The van der Waals surface area contributed by atoms with Crippen molar-refractivity contribution in [2.75, 3.05) is 24.1 Å². The Hall–Kier alpha value is -4.90. The molecule has 0 aromatic heterocycles. The molecular weight excluding hydrogens is 621 g/mol. The second-order valence-corrected chi connectivity index (χ2v) is 14.1. The highest BCUT2D eigenvalue weighted by Gasteiger charge is 2.36. The highest BCUT2D eigenvalue weighted by molar-refractivity contribution is 7.92. The Morgan fingerprint density at radius 2 is 1.43 bits per heavy atom. The van der Waals surface area contributed by atoms with Gasteiger partial charge in [-0.15, -0.1) is 0 Å². The van der Waals surface area contributed by atoms with Crippen LogP contribution < -0.4 is 19.1 Å². The number of anilines is 1.